The molecule has 0 saturated carbocycles. The summed E-state index contributed by atoms with van der Waals surface area (Å²) in [5, 5.41) is 3.24. The van der Waals surface area contributed by atoms with Crippen molar-refractivity contribution in [1.82, 2.24) is 5.32 Å². The van der Waals surface area contributed by atoms with Gasteiger partial charge in [0.15, 0.2) is 0 Å². The monoisotopic (exact) mass is 217 g/mol. The van der Waals surface area contributed by atoms with Crippen LogP contribution in [0.4, 0.5) is 0 Å². The Morgan fingerprint density at radius 2 is 1.47 bits per heavy atom. The highest BCUT2D eigenvalue weighted by molar-refractivity contribution is 4.66. The van der Waals surface area contributed by atoms with Crippen molar-refractivity contribution < 1.29 is 9.47 Å². The maximum atomic E-state index is 5.54. The zero-order valence-corrected chi connectivity index (χ0v) is 10.9. The minimum atomic E-state index is 0.440. The van der Waals surface area contributed by atoms with Crippen LogP contribution < -0.4 is 5.32 Å². The lowest BCUT2D eigenvalue weighted by Gasteiger charge is -2.20. The van der Waals surface area contributed by atoms with Crippen LogP contribution in [0.2, 0.25) is 0 Å². The molecule has 0 aliphatic rings. The Labute approximate surface area is 94.5 Å². The third-order valence-electron chi connectivity index (χ3n) is 2.30. The van der Waals surface area contributed by atoms with Crippen molar-refractivity contribution in [3.63, 3.8) is 0 Å². The van der Waals surface area contributed by atoms with Crippen molar-refractivity contribution >= 4 is 0 Å². The van der Waals surface area contributed by atoms with Gasteiger partial charge in [0.2, 0.25) is 0 Å². The fraction of sp³-hybridized carbons (Fsp3) is 1.00. The van der Waals surface area contributed by atoms with Gasteiger partial charge in [-0.15, -0.1) is 0 Å². The maximum Gasteiger partial charge on any atom is 0.0701 e. The van der Waals surface area contributed by atoms with E-state index in [2.05, 4.69) is 33.0 Å². The first kappa shape index (κ1) is 14.9. The summed E-state index contributed by atoms with van der Waals surface area (Å²) in [7, 11) is 1.98. The Morgan fingerprint density at radius 3 is 1.87 bits per heavy atom. The number of rotatable bonds is 9. The Hall–Kier alpha value is -0.120. The lowest BCUT2D eigenvalue weighted by molar-refractivity contribution is 0.0269. The standard InChI is InChI=1S/C12H27NO2/c1-10(2)8-14-6-7-15-9-12(13-5)11(3)4/h10-13H,6-9H2,1-5H3. The van der Waals surface area contributed by atoms with Gasteiger partial charge in [-0.05, 0) is 18.9 Å². The molecular formula is C12H27NO2. The molecule has 1 unspecified atom stereocenters. The lowest BCUT2D eigenvalue weighted by Crippen LogP contribution is -2.35. The molecule has 0 aromatic heterocycles. The van der Waals surface area contributed by atoms with E-state index in [1.807, 2.05) is 7.05 Å². The normalized spacial score (nSPS) is 13.8. The van der Waals surface area contributed by atoms with Gasteiger partial charge in [-0.25, -0.2) is 0 Å². The topological polar surface area (TPSA) is 30.5 Å². The summed E-state index contributed by atoms with van der Waals surface area (Å²) >= 11 is 0. The molecule has 1 N–H and O–H groups in total. The van der Waals surface area contributed by atoms with Crippen LogP contribution in [0.25, 0.3) is 0 Å². The third-order valence-corrected chi connectivity index (χ3v) is 2.30. The van der Waals surface area contributed by atoms with Gasteiger partial charge in [-0.3, -0.25) is 0 Å². The van der Waals surface area contributed by atoms with Crippen LogP contribution >= 0.6 is 0 Å². The fourth-order valence-corrected chi connectivity index (χ4v) is 1.26. The fourth-order valence-electron chi connectivity index (χ4n) is 1.26. The molecule has 3 nitrogen and oxygen atoms in total. The molecule has 0 rings (SSSR count). The molecule has 0 aromatic rings. The van der Waals surface area contributed by atoms with Crippen molar-refractivity contribution in [3.8, 4) is 0 Å². The molecule has 0 radical (unpaired) electrons. The van der Waals surface area contributed by atoms with Crippen LogP contribution in [0.5, 0.6) is 0 Å². The van der Waals surface area contributed by atoms with Gasteiger partial charge in [0, 0.05) is 12.6 Å². The summed E-state index contributed by atoms with van der Waals surface area (Å²) in [6.45, 7) is 11.7. The predicted molar refractivity (Wildman–Crippen MR) is 64.2 cm³/mol. The first-order chi connectivity index (χ1) is 7.07. The average Bonchev–Trinajstić information content (AvgIpc) is 2.15. The molecule has 0 aromatic carbocycles. The molecule has 92 valence electrons. The second-order valence-corrected chi connectivity index (χ2v) is 4.68. The van der Waals surface area contributed by atoms with Gasteiger partial charge in [0.05, 0.1) is 19.8 Å². The smallest absolute Gasteiger partial charge is 0.0701 e. The number of likely N-dealkylation sites (N-methyl/N-ethyl adjacent to an activating group) is 1. The van der Waals surface area contributed by atoms with Crippen LogP contribution in [-0.4, -0.2) is 39.5 Å². The molecule has 1 atom stereocenters. The highest BCUT2D eigenvalue weighted by atomic mass is 16.5. The molecule has 15 heavy (non-hydrogen) atoms. The predicted octanol–water partition coefficient (Wildman–Crippen LogP) is 1.92. The molecule has 0 saturated heterocycles. The molecule has 0 aliphatic heterocycles. The van der Waals surface area contributed by atoms with Crippen molar-refractivity contribution in [2.75, 3.05) is 33.5 Å². The van der Waals surface area contributed by atoms with E-state index in [4.69, 9.17) is 9.47 Å². The van der Waals surface area contributed by atoms with Crippen LogP contribution in [0, 0.1) is 11.8 Å². The number of hydrogen-bond donors (Lipinski definition) is 1. The van der Waals surface area contributed by atoms with E-state index in [-0.39, 0.29) is 0 Å². The minimum absolute atomic E-state index is 0.440. The van der Waals surface area contributed by atoms with Gasteiger partial charge in [0.1, 0.15) is 0 Å². The van der Waals surface area contributed by atoms with Crippen molar-refractivity contribution in [3.05, 3.63) is 0 Å². The summed E-state index contributed by atoms with van der Waals surface area (Å²) in [6, 6.07) is 0.440. The number of nitrogens with one attached hydrogen (secondary N) is 1. The summed E-state index contributed by atoms with van der Waals surface area (Å²) in [5.41, 5.74) is 0. The Kier molecular flexibility index (Phi) is 9.06. The molecular weight excluding hydrogens is 190 g/mol. The summed E-state index contributed by atoms with van der Waals surface area (Å²) < 4.78 is 11.0. The molecule has 0 spiro atoms. The summed E-state index contributed by atoms with van der Waals surface area (Å²) in [6.07, 6.45) is 0. The van der Waals surface area contributed by atoms with Crippen LogP contribution in [0.1, 0.15) is 27.7 Å². The van der Waals surface area contributed by atoms with Crippen molar-refractivity contribution in [2.45, 2.75) is 33.7 Å². The highest BCUT2D eigenvalue weighted by Gasteiger charge is 2.09. The minimum Gasteiger partial charge on any atom is -0.379 e. The van der Waals surface area contributed by atoms with E-state index < -0.39 is 0 Å². The average molecular weight is 217 g/mol. The summed E-state index contributed by atoms with van der Waals surface area (Å²) in [5.74, 6) is 1.21. The van der Waals surface area contributed by atoms with Crippen LogP contribution in [0.15, 0.2) is 0 Å². The van der Waals surface area contributed by atoms with Gasteiger partial charge >= 0.3 is 0 Å². The van der Waals surface area contributed by atoms with E-state index in [0.717, 1.165) is 13.2 Å². The van der Waals surface area contributed by atoms with E-state index in [1.54, 1.807) is 0 Å². The zero-order valence-electron chi connectivity index (χ0n) is 10.9. The molecule has 0 amide bonds. The van der Waals surface area contributed by atoms with E-state index >= 15 is 0 Å². The first-order valence-electron chi connectivity index (χ1n) is 5.90. The van der Waals surface area contributed by atoms with Crippen LogP contribution in [0.3, 0.4) is 0 Å². The zero-order chi connectivity index (χ0) is 11.7. The van der Waals surface area contributed by atoms with Crippen molar-refractivity contribution in [2.24, 2.45) is 11.8 Å². The Balaban J connectivity index is 3.29. The maximum absolute atomic E-state index is 5.54. The largest absolute Gasteiger partial charge is 0.379 e. The summed E-state index contributed by atoms with van der Waals surface area (Å²) in [4.78, 5) is 0. The van der Waals surface area contributed by atoms with E-state index in [9.17, 15) is 0 Å². The Morgan fingerprint density at radius 1 is 0.933 bits per heavy atom. The van der Waals surface area contributed by atoms with Crippen LogP contribution in [-0.2, 0) is 9.47 Å². The third kappa shape index (κ3) is 8.85. The second kappa shape index (κ2) is 9.13. The molecule has 3 heteroatoms. The van der Waals surface area contributed by atoms with Gasteiger partial charge in [-0.1, -0.05) is 27.7 Å². The number of hydrogen-bond acceptors (Lipinski definition) is 3. The molecule has 0 fully saturated rings. The Bertz CT molecular complexity index is 138. The van der Waals surface area contributed by atoms with Gasteiger partial charge < -0.3 is 14.8 Å². The molecule has 0 bridgehead atoms. The number of ether oxygens (including phenoxy) is 2. The van der Waals surface area contributed by atoms with E-state index in [0.29, 0.717) is 31.1 Å². The molecule has 0 heterocycles. The molecule has 0 aliphatic carbocycles. The second-order valence-electron chi connectivity index (χ2n) is 4.68. The van der Waals surface area contributed by atoms with Gasteiger partial charge in [0.25, 0.3) is 0 Å². The lowest BCUT2D eigenvalue weighted by atomic mass is 10.1. The van der Waals surface area contributed by atoms with Gasteiger partial charge in [-0.2, -0.15) is 0 Å². The quantitative estimate of drug-likeness (QED) is 0.599. The van der Waals surface area contributed by atoms with Crippen molar-refractivity contribution in [1.29, 1.82) is 0 Å². The van der Waals surface area contributed by atoms with E-state index in [1.165, 1.54) is 0 Å². The highest BCUT2D eigenvalue weighted by Crippen LogP contribution is 2.01. The SMILES string of the molecule is CNC(COCCOCC(C)C)C(C)C. The first-order valence-corrected chi connectivity index (χ1v) is 5.90.